The van der Waals surface area contributed by atoms with Gasteiger partial charge in [-0.25, -0.2) is 4.98 Å². The van der Waals surface area contributed by atoms with Crippen LogP contribution in [-0.2, 0) is 19.4 Å². The minimum atomic E-state index is 0.701. The van der Waals surface area contributed by atoms with Gasteiger partial charge in [0, 0.05) is 22.1 Å². The average Bonchev–Trinajstić information content (AvgIpc) is 3.24. The van der Waals surface area contributed by atoms with E-state index < -0.39 is 0 Å². The van der Waals surface area contributed by atoms with Crippen LogP contribution in [0.2, 0.25) is 0 Å². The summed E-state index contributed by atoms with van der Waals surface area (Å²) in [6.45, 7) is 7.64. The molecular formula is C20H28N4S2. The lowest BCUT2D eigenvalue weighted by atomic mass is 10.1. The van der Waals surface area contributed by atoms with Crippen LogP contribution in [-0.4, -0.2) is 16.5 Å². The van der Waals surface area contributed by atoms with Gasteiger partial charge in [-0.15, -0.1) is 22.7 Å². The molecule has 0 amide bonds. The van der Waals surface area contributed by atoms with Crippen molar-refractivity contribution in [2.45, 2.75) is 58.9 Å². The molecule has 140 valence electrons. The second kappa shape index (κ2) is 8.93. The summed E-state index contributed by atoms with van der Waals surface area (Å²) in [5, 5.41) is 6.72. The standard InChI is InChI=1S/C18H22N4S2.C2H6/c1-2-12-9-13(21-10-15-20-7-8-23-15)18-17(22-12)16(11-3-4-11)14(24-18)5-6-19;1-2/h7-9,11H,2-6,10,19H2,1H3,(H,21,22);1-2H3. The first kappa shape index (κ1) is 19.3. The first-order valence-electron chi connectivity index (χ1n) is 9.57. The van der Waals surface area contributed by atoms with Crippen molar-refractivity contribution in [3.63, 3.8) is 0 Å². The molecule has 0 saturated heterocycles. The number of hydrogen-bond acceptors (Lipinski definition) is 6. The maximum atomic E-state index is 5.85. The van der Waals surface area contributed by atoms with Crippen molar-refractivity contribution in [1.82, 2.24) is 9.97 Å². The van der Waals surface area contributed by atoms with Crippen molar-refractivity contribution >= 4 is 38.6 Å². The van der Waals surface area contributed by atoms with E-state index in [4.69, 9.17) is 10.7 Å². The van der Waals surface area contributed by atoms with E-state index in [0.29, 0.717) is 12.5 Å². The van der Waals surface area contributed by atoms with Crippen molar-refractivity contribution in [2.24, 2.45) is 5.73 Å². The second-order valence-electron chi connectivity index (χ2n) is 6.22. The van der Waals surface area contributed by atoms with Crippen LogP contribution in [0.4, 0.5) is 5.69 Å². The first-order chi connectivity index (χ1) is 12.8. The second-order valence-corrected chi connectivity index (χ2v) is 8.31. The number of thiophene rings is 1. The third kappa shape index (κ3) is 4.08. The molecule has 3 N–H and O–H groups in total. The number of rotatable bonds is 7. The summed E-state index contributed by atoms with van der Waals surface area (Å²) < 4.78 is 1.29. The van der Waals surface area contributed by atoms with Gasteiger partial charge in [0.2, 0.25) is 0 Å². The number of nitrogens with two attached hydrogens (primary N) is 1. The van der Waals surface area contributed by atoms with E-state index in [1.54, 1.807) is 11.3 Å². The molecule has 0 unspecified atom stereocenters. The number of fused-ring (bicyclic) bond motifs is 1. The van der Waals surface area contributed by atoms with Gasteiger partial charge in [-0.2, -0.15) is 0 Å². The van der Waals surface area contributed by atoms with Crippen molar-refractivity contribution in [3.8, 4) is 0 Å². The number of aryl methyl sites for hydroxylation is 1. The van der Waals surface area contributed by atoms with Crippen molar-refractivity contribution in [3.05, 3.63) is 38.8 Å². The fourth-order valence-corrected chi connectivity index (χ4v) is 5.00. The molecular weight excluding hydrogens is 360 g/mol. The Bertz CT molecular complexity index is 835. The third-order valence-electron chi connectivity index (χ3n) is 4.44. The van der Waals surface area contributed by atoms with E-state index in [1.165, 1.54) is 39.2 Å². The molecule has 0 aromatic carbocycles. The van der Waals surface area contributed by atoms with Gasteiger partial charge in [-0.05, 0) is 49.8 Å². The van der Waals surface area contributed by atoms with E-state index >= 15 is 0 Å². The smallest absolute Gasteiger partial charge is 0.112 e. The minimum Gasteiger partial charge on any atom is -0.377 e. The SMILES string of the molecule is CC.CCc1cc(NCc2nccs2)c2sc(CCN)c(C3CC3)c2n1. The number of thiazole rings is 1. The summed E-state index contributed by atoms with van der Waals surface area (Å²) >= 11 is 3.56. The normalized spacial score (nSPS) is 13.5. The summed E-state index contributed by atoms with van der Waals surface area (Å²) in [4.78, 5) is 10.8. The number of hydrogen-bond donors (Lipinski definition) is 2. The maximum Gasteiger partial charge on any atom is 0.112 e. The number of anilines is 1. The monoisotopic (exact) mass is 388 g/mol. The van der Waals surface area contributed by atoms with Gasteiger partial charge in [0.1, 0.15) is 5.01 Å². The first-order valence-corrected chi connectivity index (χ1v) is 11.3. The maximum absolute atomic E-state index is 5.85. The Hall–Kier alpha value is -1.50. The molecule has 1 aliphatic rings. The molecule has 0 spiro atoms. The van der Waals surface area contributed by atoms with Gasteiger partial charge >= 0.3 is 0 Å². The van der Waals surface area contributed by atoms with Gasteiger partial charge < -0.3 is 11.1 Å². The molecule has 0 bridgehead atoms. The predicted molar refractivity (Wildman–Crippen MR) is 115 cm³/mol. The summed E-state index contributed by atoms with van der Waals surface area (Å²) in [6.07, 6.45) is 6.36. The molecule has 0 atom stereocenters. The van der Waals surface area contributed by atoms with Crippen LogP contribution in [0.15, 0.2) is 17.6 Å². The highest BCUT2D eigenvalue weighted by atomic mass is 32.1. The van der Waals surface area contributed by atoms with Crippen LogP contribution in [0, 0.1) is 0 Å². The molecule has 3 heterocycles. The summed E-state index contributed by atoms with van der Waals surface area (Å²) in [7, 11) is 0. The van der Waals surface area contributed by atoms with E-state index in [0.717, 1.165) is 30.1 Å². The van der Waals surface area contributed by atoms with Crippen LogP contribution < -0.4 is 11.1 Å². The summed E-state index contributed by atoms with van der Waals surface area (Å²) in [6, 6.07) is 2.20. The predicted octanol–water partition coefficient (Wildman–Crippen LogP) is 5.33. The highest BCUT2D eigenvalue weighted by Crippen LogP contribution is 2.49. The van der Waals surface area contributed by atoms with E-state index in [-0.39, 0.29) is 0 Å². The lowest BCUT2D eigenvalue weighted by Crippen LogP contribution is -2.03. The number of nitrogens with one attached hydrogen (secondary N) is 1. The van der Waals surface area contributed by atoms with Gasteiger partial charge in [0.15, 0.2) is 0 Å². The average molecular weight is 389 g/mol. The highest BCUT2D eigenvalue weighted by Gasteiger charge is 2.31. The molecule has 6 heteroatoms. The van der Waals surface area contributed by atoms with E-state index in [9.17, 15) is 0 Å². The Labute approximate surface area is 163 Å². The Kier molecular flexibility index (Phi) is 6.62. The molecule has 1 fully saturated rings. The Morgan fingerprint density at radius 2 is 2.12 bits per heavy atom. The quantitative estimate of drug-likeness (QED) is 0.574. The molecule has 1 saturated carbocycles. The lowest BCUT2D eigenvalue weighted by molar-refractivity contribution is 0.960. The molecule has 26 heavy (non-hydrogen) atoms. The topological polar surface area (TPSA) is 63.8 Å². The van der Waals surface area contributed by atoms with Crippen LogP contribution in [0.1, 0.15) is 60.7 Å². The molecule has 1 aliphatic carbocycles. The highest BCUT2D eigenvalue weighted by molar-refractivity contribution is 7.19. The number of pyridine rings is 1. The van der Waals surface area contributed by atoms with Gasteiger partial charge in [-0.1, -0.05) is 20.8 Å². The fourth-order valence-electron chi connectivity index (χ4n) is 3.12. The van der Waals surface area contributed by atoms with Crippen molar-refractivity contribution in [2.75, 3.05) is 11.9 Å². The largest absolute Gasteiger partial charge is 0.377 e. The van der Waals surface area contributed by atoms with Gasteiger partial charge in [0.05, 0.1) is 22.4 Å². The van der Waals surface area contributed by atoms with Crippen LogP contribution in [0.25, 0.3) is 10.2 Å². The zero-order valence-corrected chi connectivity index (χ0v) is 17.5. The summed E-state index contributed by atoms with van der Waals surface area (Å²) in [5.74, 6) is 0.701. The molecule has 3 aromatic heterocycles. The van der Waals surface area contributed by atoms with Crippen molar-refractivity contribution < 1.29 is 0 Å². The number of nitrogens with zero attached hydrogens (tertiary/aromatic N) is 2. The lowest BCUT2D eigenvalue weighted by Gasteiger charge is -2.08. The molecule has 4 rings (SSSR count). The van der Waals surface area contributed by atoms with Gasteiger partial charge in [-0.3, -0.25) is 4.98 Å². The van der Waals surface area contributed by atoms with E-state index in [2.05, 4.69) is 23.3 Å². The van der Waals surface area contributed by atoms with Crippen LogP contribution >= 0.6 is 22.7 Å². The van der Waals surface area contributed by atoms with Crippen LogP contribution in [0.5, 0.6) is 0 Å². The Balaban J connectivity index is 0.000000948. The molecule has 0 radical (unpaired) electrons. The molecule has 0 aliphatic heterocycles. The van der Waals surface area contributed by atoms with Crippen LogP contribution in [0.3, 0.4) is 0 Å². The van der Waals surface area contributed by atoms with Crippen molar-refractivity contribution in [1.29, 1.82) is 0 Å². The Morgan fingerprint density at radius 3 is 2.73 bits per heavy atom. The molecule has 3 aromatic rings. The zero-order chi connectivity index (χ0) is 18.5. The summed E-state index contributed by atoms with van der Waals surface area (Å²) in [5.41, 5.74) is 10.9. The van der Waals surface area contributed by atoms with E-state index in [1.807, 2.05) is 36.8 Å². The zero-order valence-electron chi connectivity index (χ0n) is 15.8. The third-order valence-corrected chi connectivity index (χ3v) is 6.51. The Morgan fingerprint density at radius 1 is 1.31 bits per heavy atom. The van der Waals surface area contributed by atoms with Gasteiger partial charge in [0.25, 0.3) is 0 Å². The minimum absolute atomic E-state index is 0.701. The fraction of sp³-hybridized carbons (Fsp3) is 0.500. The number of aromatic nitrogens is 2. The molecule has 4 nitrogen and oxygen atoms in total.